The Kier molecular flexibility index (Phi) is 6.63. The van der Waals surface area contributed by atoms with Crippen LogP contribution >= 0.6 is 11.6 Å². The van der Waals surface area contributed by atoms with Gasteiger partial charge in [-0.05, 0) is 68.6 Å². The topological polar surface area (TPSA) is 95.9 Å². The molecule has 2 bridgehead atoms. The van der Waals surface area contributed by atoms with Crippen molar-refractivity contribution in [3.8, 4) is 0 Å². The number of hydrogen-bond donors (Lipinski definition) is 1. The van der Waals surface area contributed by atoms with Crippen molar-refractivity contribution in [2.24, 2.45) is 5.92 Å². The number of pyridine rings is 1. The molecule has 7 nitrogen and oxygen atoms in total. The van der Waals surface area contributed by atoms with Gasteiger partial charge in [-0.25, -0.2) is 4.79 Å². The highest BCUT2D eigenvalue weighted by Crippen LogP contribution is 2.47. The highest BCUT2D eigenvalue weighted by molar-refractivity contribution is 6.31. The summed E-state index contributed by atoms with van der Waals surface area (Å²) in [6, 6.07) is 5.66. The zero-order valence-corrected chi connectivity index (χ0v) is 20.1. The van der Waals surface area contributed by atoms with Crippen LogP contribution < -0.4 is 5.73 Å². The van der Waals surface area contributed by atoms with Crippen LogP contribution in [0.25, 0.3) is 10.9 Å². The summed E-state index contributed by atoms with van der Waals surface area (Å²) in [5.74, 6) is -1.42. The molecule has 11 heteroatoms. The highest BCUT2D eigenvalue weighted by Gasteiger charge is 2.41. The molecule has 0 saturated carbocycles. The number of allylic oxidation sites excluding steroid dienone is 2. The van der Waals surface area contributed by atoms with E-state index in [1.54, 1.807) is 4.68 Å². The van der Waals surface area contributed by atoms with E-state index in [9.17, 15) is 18.0 Å². The number of carbonyl (C=O) groups excluding carboxylic acids is 1. The van der Waals surface area contributed by atoms with Crippen LogP contribution in [0.3, 0.4) is 0 Å². The number of alkyl halides is 3. The maximum Gasteiger partial charge on any atom is 0.490 e. The Morgan fingerprint density at radius 1 is 1.25 bits per heavy atom. The van der Waals surface area contributed by atoms with Gasteiger partial charge in [0.2, 0.25) is 0 Å². The first-order valence-electron chi connectivity index (χ1n) is 11.9. The molecule has 0 fully saturated rings. The molecule has 3 aromatic rings. The molecule has 0 aliphatic heterocycles. The number of esters is 1. The number of anilines is 1. The highest BCUT2D eigenvalue weighted by atomic mass is 35.5. The number of aromatic nitrogens is 4. The minimum atomic E-state index is -5.02. The Bertz CT molecular complexity index is 1340. The van der Waals surface area contributed by atoms with Crippen molar-refractivity contribution in [1.29, 1.82) is 0 Å². The van der Waals surface area contributed by atoms with Crippen LogP contribution in [0, 0.1) is 5.92 Å². The molecule has 2 aliphatic carbocycles. The van der Waals surface area contributed by atoms with Crippen LogP contribution in [-0.4, -0.2) is 32.1 Å². The molecule has 2 N–H and O–H groups in total. The van der Waals surface area contributed by atoms with Gasteiger partial charge >= 0.3 is 12.1 Å². The van der Waals surface area contributed by atoms with Crippen molar-refractivity contribution >= 4 is 34.2 Å². The molecule has 0 spiro atoms. The predicted octanol–water partition coefficient (Wildman–Crippen LogP) is 5.51. The number of fused-ring (bicyclic) bond motifs is 5. The molecule has 1 aromatic carbocycles. The van der Waals surface area contributed by atoms with E-state index in [4.69, 9.17) is 22.3 Å². The van der Waals surface area contributed by atoms with E-state index in [-0.39, 0.29) is 5.69 Å². The quantitative estimate of drug-likeness (QED) is 0.251. The number of hydrogen-bond acceptors (Lipinski definition) is 6. The number of halogens is 4. The van der Waals surface area contributed by atoms with Gasteiger partial charge in [0.1, 0.15) is 12.3 Å². The molecule has 0 amide bonds. The van der Waals surface area contributed by atoms with Gasteiger partial charge in [-0.2, -0.15) is 13.2 Å². The second-order valence-electron chi connectivity index (χ2n) is 9.48. The Morgan fingerprint density at radius 2 is 2.08 bits per heavy atom. The summed E-state index contributed by atoms with van der Waals surface area (Å²) < 4.78 is 42.4. The number of nitrogens with zero attached hydrogens (tertiary/aromatic N) is 4. The molecule has 2 unspecified atom stereocenters. The molecular weight excluding hydrogens is 495 g/mol. The van der Waals surface area contributed by atoms with E-state index in [0.29, 0.717) is 23.4 Å². The molecule has 0 saturated heterocycles. The van der Waals surface area contributed by atoms with Gasteiger partial charge < -0.3 is 10.5 Å². The van der Waals surface area contributed by atoms with Crippen LogP contribution in [0.1, 0.15) is 55.0 Å². The first-order valence-corrected chi connectivity index (χ1v) is 12.2. The first-order chi connectivity index (χ1) is 17.2. The maximum absolute atomic E-state index is 12.2. The monoisotopic (exact) mass is 519 g/mol. The third kappa shape index (κ3) is 5.18. The SMILES string of the molecule is Nc1c2c(nc3cc(Cl)ccc13)CC1C=C(CCCCn3cc(COC(=O)C(F)(F)F)nn3)CC2C1. The van der Waals surface area contributed by atoms with Crippen molar-refractivity contribution in [1.82, 2.24) is 20.0 Å². The summed E-state index contributed by atoms with van der Waals surface area (Å²) in [5.41, 5.74) is 12.2. The normalized spacial score (nSPS) is 19.2. The number of benzene rings is 1. The number of rotatable bonds is 7. The van der Waals surface area contributed by atoms with Crippen LogP contribution in [-0.2, 0) is 29.1 Å². The minimum absolute atomic E-state index is 0.176. The standard InChI is InChI=1S/C25H25ClF3N5O2/c26-17-4-5-19-20(11-17)31-21-10-15-7-14(8-16(9-15)22(21)23(19)30)3-1-2-6-34-12-18(32-33-34)13-36-24(35)25(27,28)29/h4-5,7,11-12,15-16H,1-3,6,8-10,13H2,(H2,30,31). The Morgan fingerprint density at radius 3 is 2.89 bits per heavy atom. The van der Waals surface area contributed by atoms with Crippen molar-refractivity contribution in [2.45, 2.75) is 63.8 Å². The Balaban J connectivity index is 1.15. The van der Waals surface area contributed by atoms with Crippen LogP contribution in [0.4, 0.5) is 18.9 Å². The van der Waals surface area contributed by atoms with Gasteiger partial charge in [0.15, 0.2) is 0 Å². The molecule has 0 radical (unpaired) electrons. The number of carbonyl (C=O) groups is 1. The summed E-state index contributed by atoms with van der Waals surface area (Å²) in [6.07, 6.45) is 4.54. The van der Waals surface area contributed by atoms with Gasteiger partial charge in [0.25, 0.3) is 0 Å². The van der Waals surface area contributed by atoms with E-state index in [1.165, 1.54) is 17.3 Å². The maximum atomic E-state index is 12.2. The van der Waals surface area contributed by atoms with Crippen LogP contribution in [0.2, 0.25) is 5.02 Å². The fraction of sp³-hybridized carbons (Fsp3) is 0.440. The number of ether oxygens (including phenoxy) is 1. The van der Waals surface area contributed by atoms with Crippen molar-refractivity contribution in [2.75, 3.05) is 5.73 Å². The summed E-state index contributed by atoms with van der Waals surface area (Å²) >= 11 is 6.16. The summed E-state index contributed by atoms with van der Waals surface area (Å²) in [6.45, 7) is 0.0183. The predicted molar refractivity (Wildman–Crippen MR) is 128 cm³/mol. The molecule has 2 aliphatic rings. The summed E-state index contributed by atoms with van der Waals surface area (Å²) in [7, 11) is 0. The van der Waals surface area contributed by atoms with Gasteiger partial charge in [-0.1, -0.05) is 28.5 Å². The summed E-state index contributed by atoms with van der Waals surface area (Å²) in [5, 5.41) is 9.27. The number of nitrogen functional groups attached to an aromatic ring is 1. The Hall–Kier alpha value is -3.14. The Labute approximate surface area is 210 Å². The molecule has 2 aromatic heterocycles. The van der Waals surface area contributed by atoms with Crippen LogP contribution in [0.5, 0.6) is 0 Å². The van der Waals surface area contributed by atoms with Crippen LogP contribution in [0.15, 0.2) is 36.0 Å². The lowest BCUT2D eigenvalue weighted by atomic mass is 9.70. The smallest absolute Gasteiger partial charge is 0.452 e. The lowest BCUT2D eigenvalue weighted by molar-refractivity contribution is -0.201. The minimum Gasteiger partial charge on any atom is -0.452 e. The van der Waals surface area contributed by atoms with E-state index < -0.39 is 18.8 Å². The van der Waals surface area contributed by atoms with Crippen molar-refractivity contribution in [3.05, 3.63) is 58.0 Å². The second-order valence-corrected chi connectivity index (χ2v) is 9.91. The van der Waals surface area contributed by atoms with E-state index in [2.05, 4.69) is 21.1 Å². The molecule has 5 rings (SSSR count). The second kappa shape index (κ2) is 9.72. The molecule has 2 atom stereocenters. The first kappa shape index (κ1) is 24.5. The molecule has 36 heavy (non-hydrogen) atoms. The van der Waals surface area contributed by atoms with Gasteiger partial charge in [0, 0.05) is 33.9 Å². The van der Waals surface area contributed by atoms with E-state index in [1.807, 2.05) is 18.2 Å². The number of nitrogens with two attached hydrogens (primary N) is 1. The van der Waals surface area contributed by atoms with E-state index >= 15 is 0 Å². The number of aryl methyl sites for hydroxylation is 1. The van der Waals surface area contributed by atoms with Gasteiger partial charge in [-0.3, -0.25) is 9.67 Å². The fourth-order valence-electron chi connectivity index (χ4n) is 5.33. The van der Waals surface area contributed by atoms with Crippen molar-refractivity contribution < 1.29 is 22.7 Å². The van der Waals surface area contributed by atoms with Gasteiger partial charge in [0.05, 0.1) is 11.7 Å². The van der Waals surface area contributed by atoms with Crippen molar-refractivity contribution in [3.63, 3.8) is 0 Å². The summed E-state index contributed by atoms with van der Waals surface area (Å²) in [4.78, 5) is 15.7. The third-order valence-electron chi connectivity index (χ3n) is 6.84. The number of unbranched alkanes of at least 4 members (excludes halogenated alkanes) is 1. The average Bonchev–Trinajstić information content (AvgIpc) is 3.26. The lowest BCUT2D eigenvalue weighted by Gasteiger charge is -2.36. The largest absolute Gasteiger partial charge is 0.490 e. The lowest BCUT2D eigenvalue weighted by Crippen LogP contribution is -2.25. The third-order valence-corrected chi connectivity index (χ3v) is 7.08. The zero-order chi connectivity index (χ0) is 25.4. The fourth-order valence-corrected chi connectivity index (χ4v) is 5.50. The van der Waals surface area contributed by atoms with Gasteiger partial charge in [-0.15, -0.1) is 5.10 Å². The molecular formula is C25H25ClF3N5O2. The molecule has 190 valence electrons. The molecule has 2 heterocycles. The average molecular weight is 520 g/mol. The van der Waals surface area contributed by atoms with E-state index in [0.717, 1.165) is 60.8 Å². The zero-order valence-electron chi connectivity index (χ0n) is 19.4.